The van der Waals surface area contributed by atoms with Crippen LogP contribution in [0.5, 0.6) is 5.75 Å². The molecular weight excluding hydrogens is 418 g/mol. The molecule has 2 heterocycles. The lowest BCUT2D eigenvalue weighted by atomic mass is 9.98. The molecule has 1 aliphatic heterocycles. The molecule has 5 rings (SSSR count). The quantitative estimate of drug-likeness (QED) is 0.477. The SMILES string of the molecule is COc1ccc([C@H]2CC(c3ccccc3)=NN2C(=O)Cn2nnc3ccccc3c2=O)cc1. The van der Waals surface area contributed by atoms with E-state index >= 15 is 0 Å². The molecule has 0 saturated heterocycles. The average molecular weight is 439 g/mol. The summed E-state index contributed by atoms with van der Waals surface area (Å²) in [5.41, 5.74) is 2.82. The predicted octanol–water partition coefficient (Wildman–Crippen LogP) is 3.18. The highest BCUT2D eigenvalue weighted by Crippen LogP contribution is 2.33. The Bertz CT molecular complexity index is 1400. The molecule has 0 spiro atoms. The van der Waals surface area contributed by atoms with Gasteiger partial charge in [0.25, 0.3) is 11.5 Å². The van der Waals surface area contributed by atoms with Gasteiger partial charge in [0.15, 0.2) is 0 Å². The second-order valence-electron chi connectivity index (χ2n) is 7.71. The summed E-state index contributed by atoms with van der Waals surface area (Å²) in [5, 5.41) is 14.6. The first-order chi connectivity index (χ1) is 16.1. The van der Waals surface area contributed by atoms with Gasteiger partial charge in [-0.2, -0.15) is 5.10 Å². The molecule has 33 heavy (non-hydrogen) atoms. The van der Waals surface area contributed by atoms with E-state index in [0.717, 1.165) is 27.3 Å². The lowest BCUT2D eigenvalue weighted by Gasteiger charge is -2.22. The van der Waals surface area contributed by atoms with Crippen molar-refractivity contribution in [2.45, 2.75) is 19.0 Å². The van der Waals surface area contributed by atoms with Crippen LogP contribution in [0.15, 0.2) is 88.8 Å². The van der Waals surface area contributed by atoms with E-state index in [-0.39, 0.29) is 24.1 Å². The van der Waals surface area contributed by atoms with Crippen LogP contribution in [0.1, 0.15) is 23.6 Å². The number of nitrogens with zero attached hydrogens (tertiary/aromatic N) is 5. The van der Waals surface area contributed by atoms with Crippen molar-refractivity contribution in [3.63, 3.8) is 0 Å². The maximum atomic E-state index is 13.4. The summed E-state index contributed by atoms with van der Waals surface area (Å²) in [6.07, 6.45) is 0.556. The molecule has 164 valence electrons. The first kappa shape index (κ1) is 20.6. The summed E-state index contributed by atoms with van der Waals surface area (Å²) in [4.78, 5) is 26.2. The van der Waals surface area contributed by atoms with Crippen molar-refractivity contribution in [2.75, 3.05) is 7.11 Å². The number of carbonyl (C=O) groups is 1. The number of hydrogen-bond donors (Lipinski definition) is 0. The molecule has 4 aromatic rings. The van der Waals surface area contributed by atoms with Gasteiger partial charge in [0.2, 0.25) is 0 Å². The number of hydrazone groups is 1. The summed E-state index contributed by atoms with van der Waals surface area (Å²) in [7, 11) is 1.61. The molecule has 8 nitrogen and oxygen atoms in total. The van der Waals surface area contributed by atoms with Gasteiger partial charge in [0.05, 0.1) is 24.2 Å². The van der Waals surface area contributed by atoms with E-state index in [2.05, 4.69) is 15.4 Å². The number of ether oxygens (including phenoxy) is 1. The van der Waals surface area contributed by atoms with Crippen molar-refractivity contribution in [3.8, 4) is 5.75 Å². The molecule has 8 heteroatoms. The monoisotopic (exact) mass is 439 g/mol. The lowest BCUT2D eigenvalue weighted by molar-refractivity contribution is -0.134. The summed E-state index contributed by atoms with van der Waals surface area (Å²) in [5.74, 6) is 0.394. The molecule has 1 amide bonds. The zero-order valence-corrected chi connectivity index (χ0v) is 18.0. The molecule has 0 saturated carbocycles. The number of fused-ring (bicyclic) bond motifs is 1. The Morgan fingerprint density at radius 1 is 1.00 bits per heavy atom. The third kappa shape index (κ3) is 3.98. The Kier molecular flexibility index (Phi) is 5.40. The summed E-state index contributed by atoms with van der Waals surface area (Å²) in [6, 6.07) is 24.0. The first-order valence-electron chi connectivity index (χ1n) is 10.6. The summed E-state index contributed by atoms with van der Waals surface area (Å²) in [6.45, 7) is -0.255. The van der Waals surface area contributed by atoms with Crippen molar-refractivity contribution in [1.82, 2.24) is 20.0 Å². The predicted molar refractivity (Wildman–Crippen MR) is 124 cm³/mol. The van der Waals surface area contributed by atoms with Gasteiger partial charge in [-0.25, -0.2) is 9.69 Å². The Morgan fingerprint density at radius 2 is 1.73 bits per heavy atom. The second kappa shape index (κ2) is 8.66. The van der Waals surface area contributed by atoms with Crippen LogP contribution in [0.25, 0.3) is 10.9 Å². The van der Waals surface area contributed by atoms with Gasteiger partial charge in [0, 0.05) is 6.42 Å². The molecule has 1 atom stereocenters. The van der Waals surface area contributed by atoms with Crippen LogP contribution in [0.3, 0.4) is 0 Å². The van der Waals surface area contributed by atoms with E-state index in [1.165, 1.54) is 5.01 Å². The standard InChI is InChI=1S/C25H21N5O3/c1-33-19-13-11-18(12-14-19)23-15-22(17-7-3-2-4-8-17)27-30(23)24(31)16-29-25(32)20-9-5-6-10-21(20)26-28-29/h2-14,23H,15-16H2,1H3/t23-/m1/s1. The molecule has 3 aromatic carbocycles. The first-order valence-corrected chi connectivity index (χ1v) is 10.6. The zero-order chi connectivity index (χ0) is 22.8. The van der Waals surface area contributed by atoms with E-state index in [0.29, 0.717) is 17.3 Å². The minimum absolute atomic E-state index is 0.255. The number of rotatable bonds is 5. The van der Waals surface area contributed by atoms with E-state index in [4.69, 9.17) is 4.74 Å². The van der Waals surface area contributed by atoms with Gasteiger partial charge in [-0.05, 0) is 35.4 Å². The average Bonchev–Trinajstić information content (AvgIpc) is 3.32. The molecule has 0 fully saturated rings. The van der Waals surface area contributed by atoms with Crippen LogP contribution in [-0.4, -0.2) is 38.7 Å². The normalized spacial score (nSPS) is 15.5. The molecule has 0 bridgehead atoms. The smallest absolute Gasteiger partial charge is 0.278 e. The number of carbonyl (C=O) groups excluding carboxylic acids is 1. The van der Waals surface area contributed by atoms with E-state index < -0.39 is 0 Å². The number of hydrogen-bond acceptors (Lipinski definition) is 6. The maximum Gasteiger partial charge on any atom is 0.278 e. The molecule has 1 aliphatic rings. The minimum atomic E-state index is -0.360. The topological polar surface area (TPSA) is 89.7 Å². The summed E-state index contributed by atoms with van der Waals surface area (Å²) >= 11 is 0. The van der Waals surface area contributed by atoms with Crippen molar-refractivity contribution in [3.05, 3.63) is 100 Å². The Balaban J connectivity index is 1.49. The lowest BCUT2D eigenvalue weighted by Crippen LogP contribution is -2.35. The number of amides is 1. The third-order valence-electron chi connectivity index (χ3n) is 5.69. The Morgan fingerprint density at radius 3 is 2.48 bits per heavy atom. The molecule has 0 radical (unpaired) electrons. The van der Waals surface area contributed by atoms with Gasteiger partial charge in [-0.15, -0.1) is 5.10 Å². The highest BCUT2D eigenvalue weighted by Gasteiger charge is 2.33. The molecule has 0 aliphatic carbocycles. The Hall–Kier alpha value is -4.33. The highest BCUT2D eigenvalue weighted by molar-refractivity contribution is 6.03. The van der Waals surface area contributed by atoms with Crippen LogP contribution in [0.2, 0.25) is 0 Å². The van der Waals surface area contributed by atoms with Crippen LogP contribution >= 0.6 is 0 Å². The fourth-order valence-corrected chi connectivity index (χ4v) is 3.96. The van der Waals surface area contributed by atoms with Crippen molar-refractivity contribution >= 4 is 22.5 Å². The van der Waals surface area contributed by atoms with Gasteiger partial charge in [-0.3, -0.25) is 9.59 Å². The van der Waals surface area contributed by atoms with Crippen LogP contribution in [0.4, 0.5) is 0 Å². The van der Waals surface area contributed by atoms with Gasteiger partial charge in [-0.1, -0.05) is 59.8 Å². The van der Waals surface area contributed by atoms with Crippen LogP contribution < -0.4 is 10.3 Å². The van der Waals surface area contributed by atoms with Gasteiger partial charge >= 0.3 is 0 Å². The van der Waals surface area contributed by atoms with E-state index in [1.54, 1.807) is 31.4 Å². The zero-order valence-electron chi connectivity index (χ0n) is 18.0. The second-order valence-corrected chi connectivity index (χ2v) is 7.71. The largest absolute Gasteiger partial charge is 0.497 e. The van der Waals surface area contributed by atoms with Crippen LogP contribution in [0, 0.1) is 0 Å². The maximum absolute atomic E-state index is 13.4. The van der Waals surface area contributed by atoms with E-state index in [1.807, 2.05) is 54.6 Å². The fraction of sp³-hybridized carbons (Fsp3) is 0.160. The van der Waals surface area contributed by atoms with Crippen molar-refractivity contribution < 1.29 is 9.53 Å². The van der Waals surface area contributed by atoms with Gasteiger partial charge in [0.1, 0.15) is 17.8 Å². The third-order valence-corrected chi connectivity index (χ3v) is 5.69. The van der Waals surface area contributed by atoms with Crippen molar-refractivity contribution in [2.24, 2.45) is 5.10 Å². The van der Waals surface area contributed by atoms with Crippen molar-refractivity contribution in [1.29, 1.82) is 0 Å². The fourth-order valence-electron chi connectivity index (χ4n) is 3.96. The van der Waals surface area contributed by atoms with Crippen LogP contribution in [-0.2, 0) is 11.3 Å². The molecule has 0 unspecified atom stereocenters. The minimum Gasteiger partial charge on any atom is -0.497 e. The summed E-state index contributed by atoms with van der Waals surface area (Å²) < 4.78 is 6.35. The number of methoxy groups -OCH3 is 1. The number of aromatic nitrogens is 3. The Labute approximate surface area is 189 Å². The molecular formula is C25H21N5O3. The van der Waals surface area contributed by atoms with Gasteiger partial charge < -0.3 is 4.74 Å². The highest BCUT2D eigenvalue weighted by atomic mass is 16.5. The number of benzene rings is 3. The molecule has 1 aromatic heterocycles. The van der Waals surface area contributed by atoms with E-state index in [9.17, 15) is 9.59 Å². The molecule has 0 N–H and O–H groups in total.